The molecule has 0 saturated heterocycles. The lowest BCUT2D eigenvalue weighted by Crippen LogP contribution is -2.02. The summed E-state index contributed by atoms with van der Waals surface area (Å²) < 4.78 is 8.08. The van der Waals surface area contributed by atoms with Crippen molar-refractivity contribution in [2.24, 2.45) is 0 Å². The Kier molecular flexibility index (Phi) is 3.36. The summed E-state index contributed by atoms with van der Waals surface area (Å²) in [6.07, 6.45) is 0. The quantitative estimate of drug-likeness (QED) is 0.799. The number of nitrogen functional groups attached to an aromatic ring is 1. The highest BCUT2D eigenvalue weighted by atomic mass is 79.9. The van der Waals surface area contributed by atoms with Crippen LogP contribution in [0.1, 0.15) is 5.56 Å². The molecular formula is C15H14BrN3O. The lowest BCUT2D eigenvalue weighted by Gasteiger charge is -2.07. The lowest BCUT2D eigenvalue weighted by molar-refractivity contribution is 0.412. The second-order valence-electron chi connectivity index (χ2n) is 4.53. The standard InChI is InChI=1S/C15H14BrN3O/c1-20-14-7-6-10(8-12(14)16)9-19-13-5-3-2-4-11(13)15(17)18-19/h2-8H,9H2,1H3,(H2,17,18). The Morgan fingerprint density at radius 2 is 2.05 bits per heavy atom. The molecule has 3 aromatic rings. The average molecular weight is 332 g/mol. The first-order chi connectivity index (χ1) is 9.69. The van der Waals surface area contributed by atoms with Crippen molar-refractivity contribution in [1.29, 1.82) is 0 Å². The maximum atomic E-state index is 5.95. The number of halogens is 1. The van der Waals surface area contributed by atoms with E-state index in [0.717, 1.165) is 26.7 Å². The number of hydrogen-bond donors (Lipinski definition) is 1. The highest BCUT2D eigenvalue weighted by molar-refractivity contribution is 9.10. The number of methoxy groups -OCH3 is 1. The maximum absolute atomic E-state index is 5.95. The summed E-state index contributed by atoms with van der Waals surface area (Å²) in [7, 11) is 1.65. The number of aromatic nitrogens is 2. The van der Waals surface area contributed by atoms with E-state index in [0.29, 0.717) is 12.4 Å². The average Bonchev–Trinajstić information content (AvgIpc) is 2.76. The second-order valence-corrected chi connectivity index (χ2v) is 5.38. The van der Waals surface area contributed by atoms with Crippen LogP contribution in [0.25, 0.3) is 10.9 Å². The van der Waals surface area contributed by atoms with Gasteiger partial charge in [-0.05, 0) is 45.8 Å². The minimum absolute atomic E-state index is 0.563. The molecule has 20 heavy (non-hydrogen) atoms. The first-order valence-corrected chi connectivity index (χ1v) is 7.02. The van der Waals surface area contributed by atoms with Crippen LogP contribution in [0, 0.1) is 0 Å². The molecule has 2 N–H and O–H groups in total. The molecule has 0 spiro atoms. The molecule has 0 bridgehead atoms. The zero-order valence-corrected chi connectivity index (χ0v) is 12.6. The molecule has 0 aliphatic heterocycles. The summed E-state index contributed by atoms with van der Waals surface area (Å²) in [6, 6.07) is 14.0. The maximum Gasteiger partial charge on any atom is 0.153 e. The molecule has 0 unspecified atom stereocenters. The van der Waals surface area contributed by atoms with E-state index in [-0.39, 0.29) is 0 Å². The number of rotatable bonds is 3. The third kappa shape index (κ3) is 2.25. The van der Waals surface area contributed by atoms with E-state index in [2.05, 4.69) is 21.0 Å². The predicted octanol–water partition coefficient (Wildman–Crippen LogP) is 3.44. The van der Waals surface area contributed by atoms with E-state index < -0.39 is 0 Å². The predicted molar refractivity (Wildman–Crippen MR) is 83.9 cm³/mol. The van der Waals surface area contributed by atoms with Gasteiger partial charge in [-0.1, -0.05) is 18.2 Å². The topological polar surface area (TPSA) is 53.1 Å². The lowest BCUT2D eigenvalue weighted by atomic mass is 10.2. The zero-order chi connectivity index (χ0) is 14.1. The Hall–Kier alpha value is -2.01. The molecule has 1 heterocycles. The van der Waals surface area contributed by atoms with Gasteiger partial charge in [0.1, 0.15) is 5.75 Å². The molecule has 0 amide bonds. The van der Waals surface area contributed by atoms with Crippen molar-refractivity contribution < 1.29 is 4.74 Å². The van der Waals surface area contributed by atoms with E-state index >= 15 is 0 Å². The van der Waals surface area contributed by atoms with Gasteiger partial charge in [0, 0.05) is 5.39 Å². The third-order valence-electron chi connectivity index (χ3n) is 3.24. The van der Waals surface area contributed by atoms with Crippen molar-refractivity contribution in [3.8, 4) is 5.75 Å². The number of hydrogen-bond acceptors (Lipinski definition) is 3. The molecule has 0 aliphatic carbocycles. The molecular weight excluding hydrogens is 318 g/mol. The Morgan fingerprint density at radius 1 is 1.25 bits per heavy atom. The Morgan fingerprint density at radius 3 is 2.80 bits per heavy atom. The Labute approximate surface area is 125 Å². The molecule has 0 saturated carbocycles. The normalized spacial score (nSPS) is 10.9. The van der Waals surface area contributed by atoms with Crippen LogP contribution in [0.3, 0.4) is 0 Å². The monoisotopic (exact) mass is 331 g/mol. The molecule has 2 aromatic carbocycles. The van der Waals surface area contributed by atoms with Crippen LogP contribution in [0.2, 0.25) is 0 Å². The van der Waals surface area contributed by atoms with E-state index in [4.69, 9.17) is 10.5 Å². The summed E-state index contributed by atoms with van der Waals surface area (Å²) in [5, 5.41) is 5.39. The molecule has 4 nitrogen and oxygen atoms in total. The van der Waals surface area contributed by atoms with Gasteiger partial charge in [0.25, 0.3) is 0 Å². The first kappa shape index (κ1) is 13.0. The van der Waals surface area contributed by atoms with Crippen molar-refractivity contribution in [2.75, 3.05) is 12.8 Å². The Balaban J connectivity index is 1.99. The van der Waals surface area contributed by atoms with Crippen molar-refractivity contribution in [2.45, 2.75) is 6.54 Å². The van der Waals surface area contributed by atoms with Crippen LogP contribution in [-0.2, 0) is 6.54 Å². The molecule has 0 radical (unpaired) electrons. The summed E-state index contributed by atoms with van der Waals surface area (Å²) in [4.78, 5) is 0. The van der Waals surface area contributed by atoms with E-state index in [1.807, 2.05) is 47.1 Å². The zero-order valence-electron chi connectivity index (χ0n) is 11.0. The summed E-state index contributed by atoms with van der Waals surface area (Å²) >= 11 is 3.50. The van der Waals surface area contributed by atoms with Gasteiger partial charge in [0.2, 0.25) is 0 Å². The molecule has 0 aliphatic rings. The van der Waals surface area contributed by atoms with E-state index in [1.165, 1.54) is 0 Å². The van der Waals surface area contributed by atoms with Crippen LogP contribution in [0.15, 0.2) is 46.9 Å². The highest BCUT2D eigenvalue weighted by Gasteiger charge is 2.08. The second kappa shape index (κ2) is 5.17. The van der Waals surface area contributed by atoms with Gasteiger partial charge in [-0.25, -0.2) is 0 Å². The molecule has 5 heteroatoms. The van der Waals surface area contributed by atoms with Crippen molar-refractivity contribution in [3.05, 3.63) is 52.5 Å². The number of nitrogens with two attached hydrogens (primary N) is 1. The number of nitrogens with zero attached hydrogens (tertiary/aromatic N) is 2. The highest BCUT2D eigenvalue weighted by Crippen LogP contribution is 2.27. The van der Waals surface area contributed by atoms with Gasteiger partial charge in [-0.2, -0.15) is 5.10 Å². The van der Waals surface area contributed by atoms with Crippen LogP contribution in [0.5, 0.6) is 5.75 Å². The van der Waals surface area contributed by atoms with Gasteiger partial charge < -0.3 is 10.5 Å². The van der Waals surface area contributed by atoms with Gasteiger partial charge in [-0.3, -0.25) is 4.68 Å². The first-order valence-electron chi connectivity index (χ1n) is 6.22. The van der Waals surface area contributed by atoms with E-state index in [1.54, 1.807) is 7.11 Å². The SMILES string of the molecule is COc1ccc(Cn2nc(N)c3ccccc32)cc1Br. The van der Waals surface area contributed by atoms with Crippen LogP contribution in [0.4, 0.5) is 5.82 Å². The van der Waals surface area contributed by atoms with Crippen molar-refractivity contribution in [1.82, 2.24) is 9.78 Å². The fraction of sp³-hybridized carbons (Fsp3) is 0.133. The molecule has 102 valence electrons. The number of para-hydroxylation sites is 1. The fourth-order valence-corrected chi connectivity index (χ4v) is 2.84. The number of benzene rings is 2. The molecule has 0 atom stereocenters. The molecule has 1 aromatic heterocycles. The van der Waals surface area contributed by atoms with Gasteiger partial charge in [-0.15, -0.1) is 0 Å². The van der Waals surface area contributed by atoms with Gasteiger partial charge in [0.05, 0.1) is 23.6 Å². The summed E-state index contributed by atoms with van der Waals surface area (Å²) in [6.45, 7) is 0.667. The van der Waals surface area contributed by atoms with Gasteiger partial charge in [0.15, 0.2) is 5.82 Å². The number of anilines is 1. The van der Waals surface area contributed by atoms with Gasteiger partial charge >= 0.3 is 0 Å². The summed E-state index contributed by atoms with van der Waals surface area (Å²) in [5.74, 6) is 1.38. The van der Waals surface area contributed by atoms with Crippen molar-refractivity contribution in [3.63, 3.8) is 0 Å². The number of ether oxygens (including phenoxy) is 1. The largest absolute Gasteiger partial charge is 0.496 e. The van der Waals surface area contributed by atoms with E-state index in [9.17, 15) is 0 Å². The third-order valence-corrected chi connectivity index (χ3v) is 3.85. The smallest absolute Gasteiger partial charge is 0.153 e. The van der Waals surface area contributed by atoms with Crippen molar-refractivity contribution >= 4 is 32.7 Å². The fourth-order valence-electron chi connectivity index (χ4n) is 2.25. The number of fused-ring (bicyclic) bond motifs is 1. The van der Waals surface area contributed by atoms with Crippen LogP contribution in [-0.4, -0.2) is 16.9 Å². The van der Waals surface area contributed by atoms with Crippen LogP contribution < -0.4 is 10.5 Å². The molecule has 0 fully saturated rings. The minimum Gasteiger partial charge on any atom is -0.496 e. The summed E-state index contributed by atoms with van der Waals surface area (Å²) in [5.41, 5.74) is 8.11. The van der Waals surface area contributed by atoms with Crippen LogP contribution >= 0.6 is 15.9 Å². The minimum atomic E-state index is 0.563. The Bertz CT molecular complexity index is 767. The molecule has 3 rings (SSSR count).